The summed E-state index contributed by atoms with van der Waals surface area (Å²) in [5.74, 6) is 0.433. The fraction of sp³-hybridized carbons (Fsp3) is 0.562. The molecular formula is C16H19FN2O3. The molecule has 3 aliphatic heterocycles. The number of ether oxygens (including phenoxy) is 2. The van der Waals surface area contributed by atoms with Gasteiger partial charge in [-0.05, 0) is 25.2 Å². The molecular weight excluding hydrogens is 287 g/mol. The molecule has 0 saturated carbocycles. The van der Waals surface area contributed by atoms with E-state index in [1.165, 1.54) is 12.1 Å². The third-order valence-electron chi connectivity index (χ3n) is 4.92. The predicted octanol–water partition coefficient (Wildman–Crippen LogP) is 0.952. The molecule has 1 N–H and O–H groups in total. The van der Waals surface area contributed by atoms with Crippen molar-refractivity contribution in [3.8, 4) is 5.75 Å². The molecule has 2 saturated heterocycles. The van der Waals surface area contributed by atoms with Crippen LogP contribution in [0.3, 0.4) is 0 Å². The third kappa shape index (κ3) is 2.18. The van der Waals surface area contributed by atoms with Gasteiger partial charge in [-0.1, -0.05) is 0 Å². The maximum Gasteiger partial charge on any atom is 0.225 e. The number of halogens is 1. The largest absolute Gasteiger partial charge is 0.493 e. The molecule has 6 heteroatoms. The van der Waals surface area contributed by atoms with Crippen molar-refractivity contribution in [1.29, 1.82) is 0 Å². The molecule has 22 heavy (non-hydrogen) atoms. The summed E-state index contributed by atoms with van der Waals surface area (Å²) in [4.78, 5) is 14.6. The van der Waals surface area contributed by atoms with E-state index in [0.29, 0.717) is 26.4 Å². The number of nitrogens with one attached hydrogen (secondary N) is 1. The summed E-state index contributed by atoms with van der Waals surface area (Å²) >= 11 is 0. The summed E-state index contributed by atoms with van der Waals surface area (Å²) in [6, 6.07) is 4.78. The van der Waals surface area contributed by atoms with Gasteiger partial charge in [-0.2, -0.15) is 0 Å². The van der Waals surface area contributed by atoms with Crippen molar-refractivity contribution in [1.82, 2.24) is 10.2 Å². The minimum absolute atomic E-state index is 0.0350. The van der Waals surface area contributed by atoms with E-state index in [2.05, 4.69) is 10.2 Å². The van der Waals surface area contributed by atoms with Crippen LogP contribution in [0.1, 0.15) is 11.6 Å². The SMILES string of the molecule is CN1C[C@@H](C(=O)NC2COC2)[C@@H]2COc3ccc(F)cc3[C@@H]21. The molecule has 0 aliphatic carbocycles. The quantitative estimate of drug-likeness (QED) is 0.884. The van der Waals surface area contributed by atoms with Gasteiger partial charge < -0.3 is 14.8 Å². The molecule has 1 aromatic rings. The highest BCUT2D eigenvalue weighted by molar-refractivity contribution is 5.80. The zero-order valence-corrected chi connectivity index (χ0v) is 12.4. The summed E-state index contributed by atoms with van der Waals surface area (Å²) in [6.45, 7) is 2.33. The number of benzene rings is 1. The first kappa shape index (κ1) is 14.0. The standard InChI is InChI=1S/C16H19FN2O3/c1-19-5-12(16(20)18-10-6-21-7-10)13-8-22-14-3-2-9(17)4-11(14)15(13)19/h2-4,10,12-13,15H,5-8H2,1H3,(H,18,20)/t12-,13+,15+/m1/s1. The topological polar surface area (TPSA) is 50.8 Å². The van der Waals surface area contributed by atoms with Crippen LogP contribution < -0.4 is 10.1 Å². The minimum atomic E-state index is -0.268. The van der Waals surface area contributed by atoms with Crippen LogP contribution in [0.5, 0.6) is 5.75 Å². The number of likely N-dealkylation sites (tertiary alicyclic amines) is 1. The average Bonchev–Trinajstić information content (AvgIpc) is 2.80. The average molecular weight is 306 g/mol. The van der Waals surface area contributed by atoms with E-state index >= 15 is 0 Å². The lowest BCUT2D eigenvalue weighted by atomic mass is 9.84. The molecule has 5 nitrogen and oxygen atoms in total. The van der Waals surface area contributed by atoms with Crippen molar-refractivity contribution in [3.63, 3.8) is 0 Å². The van der Waals surface area contributed by atoms with Crippen LogP contribution in [0.15, 0.2) is 18.2 Å². The Balaban J connectivity index is 1.58. The molecule has 3 heterocycles. The van der Waals surface area contributed by atoms with Gasteiger partial charge in [-0.3, -0.25) is 9.69 Å². The van der Waals surface area contributed by atoms with Crippen LogP contribution in [0.25, 0.3) is 0 Å². The van der Waals surface area contributed by atoms with Gasteiger partial charge in [0, 0.05) is 24.1 Å². The maximum atomic E-state index is 13.6. The van der Waals surface area contributed by atoms with Gasteiger partial charge in [0.1, 0.15) is 11.6 Å². The maximum absolute atomic E-state index is 13.6. The summed E-state index contributed by atoms with van der Waals surface area (Å²) in [5, 5.41) is 3.03. The summed E-state index contributed by atoms with van der Waals surface area (Å²) in [7, 11) is 1.98. The molecule has 4 rings (SSSR count). The molecule has 2 fully saturated rings. The van der Waals surface area contributed by atoms with Crippen molar-refractivity contribution in [2.45, 2.75) is 12.1 Å². The van der Waals surface area contributed by atoms with Gasteiger partial charge in [0.05, 0.1) is 31.8 Å². The first-order valence-electron chi connectivity index (χ1n) is 7.64. The van der Waals surface area contributed by atoms with Gasteiger partial charge in [0.15, 0.2) is 0 Å². The number of rotatable bonds is 2. The highest BCUT2D eigenvalue weighted by Gasteiger charge is 2.48. The second kappa shape index (κ2) is 5.21. The van der Waals surface area contributed by atoms with Gasteiger partial charge in [-0.15, -0.1) is 0 Å². The Kier molecular flexibility index (Phi) is 3.31. The number of carbonyl (C=O) groups is 1. The zero-order valence-electron chi connectivity index (χ0n) is 12.4. The molecule has 1 aromatic carbocycles. The van der Waals surface area contributed by atoms with Gasteiger partial charge in [0.25, 0.3) is 0 Å². The highest BCUT2D eigenvalue weighted by Crippen LogP contribution is 2.46. The lowest BCUT2D eigenvalue weighted by Gasteiger charge is -2.33. The number of hydrogen-bond donors (Lipinski definition) is 1. The molecule has 3 aliphatic rings. The number of fused-ring (bicyclic) bond motifs is 3. The Morgan fingerprint density at radius 3 is 2.91 bits per heavy atom. The Morgan fingerprint density at radius 2 is 2.18 bits per heavy atom. The normalized spacial score (nSPS) is 30.9. The smallest absolute Gasteiger partial charge is 0.225 e. The van der Waals surface area contributed by atoms with Crippen molar-refractivity contribution in [2.24, 2.45) is 11.8 Å². The van der Waals surface area contributed by atoms with Crippen molar-refractivity contribution >= 4 is 5.91 Å². The number of hydrogen-bond acceptors (Lipinski definition) is 4. The van der Waals surface area contributed by atoms with Crippen LogP contribution in [-0.2, 0) is 9.53 Å². The predicted molar refractivity (Wildman–Crippen MR) is 77.0 cm³/mol. The monoisotopic (exact) mass is 306 g/mol. The Morgan fingerprint density at radius 1 is 1.36 bits per heavy atom. The third-order valence-corrected chi connectivity index (χ3v) is 4.92. The fourth-order valence-electron chi connectivity index (χ4n) is 3.75. The lowest BCUT2D eigenvalue weighted by Crippen LogP contribution is -2.51. The Labute approximate surface area is 128 Å². The second-order valence-electron chi connectivity index (χ2n) is 6.39. The second-order valence-corrected chi connectivity index (χ2v) is 6.39. The Hall–Kier alpha value is -1.66. The first-order valence-corrected chi connectivity index (χ1v) is 7.64. The molecule has 118 valence electrons. The summed E-state index contributed by atoms with van der Waals surface area (Å²) < 4.78 is 24.5. The van der Waals surface area contributed by atoms with Gasteiger partial charge >= 0.3 is 0 Å². The summed E-state index contributed by atoms with van der Waals surface area (Å²) in [5.41, 5.74) is 0.848. The molecule has 0 spiro atoms. The number of carbonyl (C=O) groups excluding carboxylic acids is 1. The van der Waals surface area contributed by atoms with E-state index < -0.39 is 0 Å². The van der Waals surface area contributed by atoms with Crippen molar-refractivity contribution < 1.29 is 18.7 Å². The van der Waals surface area contributed by atoms with Crippen LogP contribution in [0.4, 0.5) is 4.39 Å². The van der Waals surface area contributed by atoms with E-state index in [1.54, 1.807) is 6.07 Å². The highest BCUT2D eigenvalue weighted by atomic mass is 19.1. The van der Waals surface area contributed by atoms with Crippen LogP contribution in [0.2, 0.25) is 0 Å². The molecule has 0 aromatic heterocycles. The van der Waals surface area contributed by atoms with Crippen molar-refractivity contribution in [2.75, 3.05) is 33.4 Å². The van der Waals surface area contributed by atoms with Gasteiger partial charge in [0.2, 0.25) is 5.91 Å². The van der Waals surface area contributed by atoms with E-state index in [1.807, 2.05) is 7.05 Å². The molecule has 0 radical (unpaired) electrons. The van der Waals surface area contributed by atoms with E-state index in [0.717, 1.165) is 11.3 Å². The van der Waals surface area contributed by atoms with E-state index in [9.17, 15) is 9.18 Å². The molecule has 1 amide bonds. The van der Waals surface area contributed by atoms with Gasteiger partial charge in [-0.25, -0.2) is 4.39 Å². The molecule has 3 atom stereocenters. The fourth-order valence-corrected chi connectivity index (χ4v) is 3.75. The zero-order chi connectivity index (χ0) is 15.3. The molecule has 0 unspecified atom stereocenters. The summed E-state index contributed by atoms with van der Waals surface area (Å²) in [6.07, 6.45) is 0. The Bertz CT molecular complexity index is 605. The lowest BCUT2D eigenvalue weighted by molar-refractivity contribution is -0.130. The number of amides is 1. The van der Waals surface area contributed by atoms with E-state index in [4.69, 9.17) is 9.47 Å². The minimum Gasteiger partial charge on any atom is -0.493 e. The van der Waals surface area contributed by atoms with Crippen LogP contribution in [-0.4, -0.2) is 50.3 Å². The number of nitrogens with zero attached hydrogens (tertiary/aromatic N) is 1. The van der Waals surface area contributed by atoms with E-state index in [-0.39, 0.29) is 35.6 Å². The molecule has 0 bridgehead atoms. The van der Waals surface area contributed by atoms with Crippen LogP contribution >= 0.6 is 0 Å². The van der Waals surface area contributed by atoms with Crippen molar-refractivity contribution in [3.05, 3.63) is 29.6 Å². The van der Waals surface area contributed by atoms with Crippen LogP contribution in [0, 0.1) is 17.7 Å². The first-order chi connectivity index (χ1) is 10.6.